The fraction of sp³-hybridized carbons (Fsp3) is 0.308. The van der Waals surface area contributed by atoms with Gasteiger partial charge in [-0.3, -0.25) is 5.10 Å². The predicted molar refractivity (Wildman–Crippen MR) is 68.1 cm³/mol. The molecule has 0 aliphatic heterocycles. The summed E-state index contributed by atoms with van der Waals surface area (Å²) >= 11 is 0. The molecule has 0 radical (unpaired) electrons. The summed E-state index contributed by atoms with van der Waals surface area (Å²) in [6.45, 7) is 2.04. The van der Waals surface area contributed by atoms with Crippen molar-refractivity contribution < 1.29 is 14.3 Å². The van der Waals surface area contributed by atoms with Crippen molar-refractivity contribution in [1.29, 1.82) is 0 Å². The van der Waals surface area contributed by atoms with Gasteiger partial charge in [-0.15, -0.1) is 5.10 Å². The molecule has 0 aliphatic carbocycles. The van der Waals surface area contributed by atoms with Gasteiger partial charge in [0.2, 0.25) is 0 Å². The van der Waals surface area contributed by atoms with Crippen LogP contribution in [-0.4, -0.2) is 34.9 Å². The number of benzene rings is 1. The zero-order valence-corrected chi connectivity index (χ0v) is 10.8. The maximum absolute atomic E-state index is 11.4. The van der Waals surface area contributed by atoms with Crippen LogP contribution >= 0.6 is 0 Å². The van der Waals surface area contributed by atoms with Crippen molar-refractivity contribution in [3.63, 3.8) is 0 Å². The fourth-order valence-electron chi connectivity index (χ4n) is 1.64. The van der Waals surface area contributed by atoms with Crippen molar-refractivity contribution in [1.82, 2.24) is 15.2 Å². The molecule has 0 saturated heterocycles. The molecule has 0 saturated carbocycles. The van der Waals surface area contributed by atoms with Crippen LogP contribution in [-0.2, 0) is 11.2 Å². The molecule has 2 rings (SSSR count). The Hall–Kier alpha value is -2.37. The minimum atomic E-state index is -0.518. The fourth-order valence-corrected chi connectivity index (χ4v) is 1.64. The van der Waals surface area contributed by atoms with Crippen molar-refractivity contribution in [2.75, 3.05) is 13.7 Å². The molecule has 0 spiro atoms. The summed E-state index contributed by atoms with van der Waals surface area (Å²) in [6.07, 6.45) is 0.545. The molecule has 0 aliphatic rings. The number of esters is 1. The molecular weight excluding hydrogens is 246 g/mol. The number of hydrogen-bond acceptors (Lipinski definition) is 5. The van der Waals surface area contributed by atoms with Gasteiger partial charge in [0, 0.05) is 6.42 Å². The SMILES string of the molecule is CCOC(=O)c1n[nH]c(Cc2cccc(OC)c2)n1. The van der Waals surface area contributed by atoms with Crippen LogP contribution in [0.2, 0.25) is 0 Å². The summed E-state index contributed by atoms with van der Waals surface area (Å²) in [5.41, 5.74) is 1.02. The van der Waals surface area contributed by atoms with E-state index in [1.165, 1.54) is 0 Å². The molecule has 0 amide bonds. The summed E-state index contributed by atoms with van der Waals surface area (Å²) in [5, 5.41) is 6.56. The monoisotopic (exact) mass is 261 g/mol. The summed E-state index contributed by atoms with van der Waals surface area (Å²) in [4.78, 5) is 15.5. The molecule has 6 heteroatoms. The van der Waals surface area contributed by atoms with Gasteiger partial charge in [-0.05, 0) is 24.6 Å². The van der Waals surface area contributed by atoms with Crippen LogP contribution in [0.1, 0.15) is 28.9 Å². The van der Waals surface area contributed by atoms with E-state index in [-0.39, 0.29) is 5.82 Å². The number of nitrogens with one attached hydrogen (secondary N) is 1. The van der Waals surface area contributed by atoms with E-state index in [1.807, 2.05) is 24.3 Å². The number of ether oxygens (including phenoxy) is 2. The van der Waals surface area contributed by atoms with Gasteiger partial charge >= 0.3 is 5.97 Å². The highest BCUT2D eigenvalue weighted by atomic mass is 16.5. The Bertz CT molecular complexity index is 566. The number of rotatable bonds is 5. The highest BCUT2D eigenvalue weighted by Gasteiger charge is 2.13. The van der Waals surface area contributed by atoms with Gasteiger partial charge in [-0.1, -0.05) is 12.1 Å². The summed E-state index contributed by atoms with van der Waals surface area (Å²) in [7, 11) is 1.62. The number of nitrogens with zero attached hydrogens (tertiary/aromatic N) is 2. The minimum Gasteiger partial charge on any atom is -0.497 e. The van der Waals surface area contributed by atoms with Gasteiger partial charge < -0.3 is 9.47 Å². The highest BCUT2D eigenvalue weighted by Crippen LogP contribution is 2.14. The zero-order chi connectivity index (χ0) is 13.7. The van der Waals surface area contributed by atoms with Crippen LogP contribution in [0.3, 0.4) is 0 Å². The Balaban J connectivity index is 2.09. The van der Waals surface area contributed by atoms with Crippen molar-refractivity contribution in [2.45, 2.75) is 13.3 Å². The summed E-state index contributed by atoms with van der Waals surface area (Å²) < 4.78 is 9.97. The van der Waals surface area contributed by atoms with Crippen LogP contribution < -0.4 is 4.74 Å². The van der Waals surface area contributed by atoms with Crippen LogP contribution in [0.15, 0.2) is 24.3 Å². The van der Waals surface area contributed by atoms with Crippen LogP contribution in [0.25, 0.3) is 0 Å². The minimum absolute atomic E-state index is 0.0553. The van der Waals surface area contributed by atoms with E-state index < -0.39 is 5.97 Å². The molecular formula is C13H15N3O3. The first-order chi connectivity index (χ1) is 9.22. The third-order valence-electron chi connectivity index (χ3n) is 2.50. The van der Waals surface area contributed by atoms with E-state index in [4.69, 9.17) is 9.47 Å². The Labute approximate surface area is 110 Å². The van der Waals surface area contributed by atoms with Gasteiger partial charge in [0.25, 0.3) is 5.82 Å². The molecule has 19 heavy (non-hydrogen) atoms. The quantitative estimate of drug-likeness (QED) is 0.827. The Morgan fingerprint density at radius 2 is 2.26 bits per heavy atom. The lowest BCUT2D eigenvalue weighted by molar-refractivity contribution is 0.0512. The molecule has 0 unspecified atom stereocenters. The largest absolute Gasteiger partial charge is 0.497 e. The lowest BCUT2D eigenvalue weighted by atomic mass is 10.1. The predicted octanol–water partition coefficient (Wildman–Crippen LogP) is 1.58. The molecule has 100 valence electrons. The number of aromatic amines is 1. The zero-order valence-electron chi connectivity index (χ0n) is 10.8. The second-order valence-corrected chi connectivity index (χ2v) is 3.85. The topological polar surface area (TPSA) is 77.1 Å². The van der Waals surface area contributed by atoms with Gasteiger partial charge in [0.15, 0.2) is 0 Å². The van der Waals surface area contributed by atoms with Gasteiger partial charge in [0.05, 0.1) is 13.7 Å². The van der Waals surface area contributed by atoms with Gasteiger partial charge in [0.1, 0.15) is 11.6 Å². The maximum atomic E-state index is 11.4. The van der Waals surface area contributed by atoms with E-state index in [1.54, 1.807) is 14.0 Å². The van der Waals surface area contributed by atoms with E-state index in [0.29, 0.717) is 18.9 Å². The lowest BCUT2D eigenvalue weighted by Crippen LogP contribution is -2.06. The van der Waals surface area contributed by atoms with Crippen LogP contribution in [0.4, 0.5) is 0 Å². The molecule has 1 heterocycles. The summed E-state index contributed by atoms with van der Waals surface area (Å²) in [6, 6.07) is 7.63. The van der Waals surface area contributed by atoms with E-state index in [2.05, 4.69) is 15.2 Å². The Kier molecular flexibility index (Phi) is 4.12. The third-order valence-corrected chi connectivity index (χ3v) is 2.50. The number of H-pyrrole nitrogens is 1. The molecule has 1 aromatic carbocycles. The average Bonchev–Trinajstić information content (AvgIpc) is 2.88. The molecule has 0 atom stereocenters. The van der Waals surface area contributed by atoms with E-state index in [9.17, 15) is 4.79 Å². The standard InChI is InChI=1S/C13H15N3O3/c1-3-19-13(17)12-14-11(15-16-12)8-9-5-4-6-10(7-9)18-2/h4-7H,3,8H2,1-2H3,(H,14,15,16). The van der Waals surface area contributed by atoms with Crippen LogP contribution in [0, 0.1) is 0 Å². The molecule has 6 nitrogen and oxygen atoms in total. The molecule has 0 bridgehead atoms. The van der Waals surface area contributed by atoms with Gasteiger partial charge in [-0.2, -0.15) is 0 Å². The van der Waals surface area contributed by atoms with Crippen molar-refractivity contribution >= 4 is 5.97 Å². The first-order valence-corrected chi connectivity index (χ1v) is 5.94. The lowest BCUT2D eigenvalue weighted by Gasteiger charge is -2.02. The first-order valence-electron chi connectivity index (χ1n) is 5.94. The average molecular weight is 261 g/mol. The van der Waals surface area contributed by atoms with E-state index >= 15 is 0 Å². The first kappa shape index (κ1) is 13.1. The second-order valence-electron chi connectivity index (χ2n) is 3.85. The maximum Gasteiger partial charge on any atom is 0.378 e. The summed E-state index contributed by atoms with van der Waals surface area (Å²) in [5.74, 6) is 0.925. The smallest absolute Gasteiger partial charge is 0.378 e. The van der Waals surface area contributed by atoms with Crippen molar-refractivity contribution in [3.8, 4) is 5.75 Å². The number of carbonyl (C=O) groups is 1. The number of hydrogen-bond donors (Lipinski definition) is 1. The highest BCUT2D eigenvalue weighted by molar-refractivity contribution is 5.84. The normalized spacial score (nSPS) is 10.2. The molecule has 2 aromatic rings. The molecule has 0 fully saturated rings. The van der Waals surface area contributed by atoms with Crippen LogP contribution in [0.5, 0.6) is 5.75 Å². The Morgan fingerprint density at radius 1 is 1.42 bits per heavy atom. The second kappa shape index (κ2) is 5.99. The number of methoxy groups -OCH3 is 1. The Morgan fingerprint density at radius 3 is 3.00 bits per heavy atom. The van der Waals surface area contributed by atoms with E-state index in [0.717, 1.165) is 11.3 Å². The third kappa shape index (κ3) is 3.31. The van der Waals surface area contributed by atoms with Gasteiger partial charge in [-0.25, -0.2) is 9.78 Å². The molecule has 1 aromatic heterocycles. The number of carbonyl (C=O) groups excluding carboxylic acids is 1. The molecule has 1 N–H and O–H groups in total. The van der Waals surface area contributed by atoms with Crippen molar-refractivity contribution in [2.24, 2.45) is 0 Å². The number of aromatic nitrogens is 3. The van der Waals surface area contributed by atoms with Crippen molar-refractivity contribution in [3.05, 3.63) is 41.5 Å².